The fourth-order valence-electron chi connectivity index (χ4n) is 5.77. The summed E-state index contributed by atoms with van der Waals surface area (Å²) < 4.78 is 7.43. The zero-order valence-corrected chi connectivity index (χ0v) is 21.5. The minimum absolute atomic E-state index is 0.0694. The molecule has 1 unspecified atom stereocenters. The Morgan fingerprint density at radius 3 is 2.71 bits per heavy atom. The number of hydrogen-bond acceptors (Lipinski definition) is 7. The zero-order chi connectivity index (χ0) is 26.8. The van der Waals surface area contributed by atoms with Gasteiger partial charge < -0.3 is 15.4 Å². The molecule has 1 atom stereocenters. The van der Waals surface area contributed by atoms with E-state index in [1.807, 2.05) is 26.0 Å². The molecule has 6 rings (SSSR count). The Bertz CT molecular complexity index is 1650. The number of nitriles is 1. The van der Waals surface area contributed by atoms with Gasteiger partial charge in [-0.15, -0.1) is 5.10 Å². The number of aromatic nitrogens is 3. The number of ketones is 1. The van der Waals surface area contributed by atoms with Crippen LogP contribution in [0.2, 0.25) is 5.02 Å². The average molecular weight is 527 g/mol. The van der Waals surface area contributed by atoms with Gasteiger partial charge in [-0.3, -0.25) is 9.59 Å². The highest BCUT2D eigenvalue weighted by Crippen LogP contribution is 2.57. The molecule has 2 N–H and O–H groups in total. The summed E-state index contributed by atoms with van der Waals surface area (Å²) in [5, 5.41) is 19.2. The van der Waals surface area contributed by atoms with Crippen molar-refractivity contribution in [3.63, 3.8) is 0 Å². The minimum Gasteiger partial charge on any atom is -0.444 e. The number of hydrogen-bond donors (Lipinski definition) is 1. The van der Waals surface area contributed by atoms with Crippen molar-refractivity contribution in [1.82, 2.24) is 15.0 Å². The lowest BCUT2D eigenvalue weighted by molar-refractivity contribution is -0.125. The maximum Gasteiger partial charge on any atom is 0.248 e. The number of carbonyl (C=O) groups excluding carboxylic acids is 2. The van der Waals surface area contributed by atoms with Gasteiger partial charge in [-0.2, -0.15) is 5.26 Å². The van der Waals surface area contributed by atoms with E-state index in [1.165, 1.54) is 4.90 Å². The Balaban J connectivity index is 1.49. The van der Waals surface area contributed by atoms with Crippen molar-refractivity contribution in [1.29, 1.82) is 5.26 Å². The molecule has 190 valence electrons. The first-order valence-corrected chi connectivity index (χ1v) is 12.5. The first-order chi connectivity index (χ1) is 18.2. The Morgan fingerprint density at radius 2 is 1.95 bits per heavy atom. The van der Waals surface area contributed by atoms with Gasteiger partial charge in [0.25, 0.3) is 0 Å². The number of nitrogens with two attached hydrogens (primary N) is 1. The van der Waals surface area contributed by atoms with E-state index in [9.17, 15) is 14.9 Å². The van der Waals surface area contributed by atoms with Gasteiger partial charge in [-0.1, -0.05) is 54.9 Å². The number of benzene rings is 2. The fourth-order valence-corrected chi connectivity index (χ4v) is 5.96. The third-order valence-corrected chi connectivity index (χ3v) is 7.51. The van der Waals surface area contributed by atoms with Gasteiger partial charge in [0, 0.05) is 29.1 Å². The summed E-state index contributed by atoms with van der Waals surface area (Å²) in [6.45, 7) is 3.99. The number of para-hydroxylation sites is 1. The van der Waals surface area contributed by atoms with Crippen molar-refractivity contribution in [2.75, 3.05) is 4.90 Å². The molecule has 1 spiro atoms. The molecule has 1 aromatic heterocycles. The van der Waals surface area contributed by atoms with Crippen molar-refractivity contribution in [2.24, 2.45) is 11.1 Å². The molecule has 2 aromatic carbocycles. The molecule has 0 bridgehead atoms. The Labute approximate surface area is 223 Å². The molecule has 2 aliphatic heterocycles. The van der Waals surface area contributed by atoms with Crippen LogP contribution in [0.1, 0.15) is 37.9 Å². The summed E-state index contributed by atoms with van der Waals surface area (Å²) in [6, 6.07) is 16.4. The van der Waals surface area contributed by atoms with Gasteiger partial charge in [-0.05, 0) is 29.7 Å². The van der Waals surface area contributed by atoms with E-state index in [-0.39, 0.29) is 41.2 Å². The molecular formula is C28H23ClN6O3. The van der Waals surface area contributed by atoms with Gasteiger partial charge in [0.2, 0.25) is 11.8 Å². The van der Waals surface area contributed by atoms with Gasteiger partial charge in [-0.25, -0.2) is 4.68 Å². The Morgan fingerprint density at radius 1 is 1.16 bits per heavy atom. The highest BCUT2D eigenvalue weighted by atomic mass is 35.5. The smallest absolute Gasteiger partial charge is 0.248 e. The van der Waals surface area contributed by atoms with Crippen LogP contribution in [-0.4, -0.2) is 26.7 Å². The highest BCUT2D eigenvalue weighted by Gasteiger charge is 2.63. The van der Waals surface area contributed by atoms with Crippen molar-refractivity contribution in [3.8, 4) is 11.8 Å². The van der Waals surface area contributed by atoms with Gasteiger partial charge in [0.05, 0.1) is 24.0 Å². The summed E-state index contributed by atoms with van der Waals surface area (Å²) in [7, 11) is 0. The van der Waals surface area contributed by atoms with E-state index in [0.717, 1.165) is 5.69 Å². The predicted molar refractivity (Wildman–Crippen MR) is 139 cm³/mol. The summed E-state index contributed by atoms with van der Waals surface area (Å²) in [4.78, 5) is 29.7. The van der Waals surface area contributed by atoms with E-state index in [4.69, 9.17) is 22.1 Å². The maximum atomic E-state index is 14.5. The molecule has 0 saturated heterocycles. The highest BCUT2D eigenvalue weighted by molar-refractivity contribution is 6.30. The van der Waals surface area contributed by atoms with Crippen LogP contribution < -0.4 is 10.6 Å². The first kappa shape index (κ1) is 23.9. The molecule has 9 nitrogen and oxygen atoms in total. The van der Waals surface area contributed by atoms with Crippen molar-refractivity contribution in [3.05, 3.63) is 93.8 Å². The lowest BCUT2D eigenvalue weighted by Gasteiger charge is -2.41. The molecule has 3 heterocycles. The second kappa shape index (κ2) is 8.30. The van der Waals surface area contributed by atoms with Crippen LogP contribution in [0.4, 0.5) is 5.69 Å². The lowest BCUT2D eigenvalue weighted by Crippen LogP contribution is -2.50. The van der Waals surface area contributed by atoms with Gasteiger partial charge >= 0.3 is 0 Å². The number of amides is 1. The van der Waals surface area contributed by atoms with E-state index in [0.29, 0.717) is 34.1 Å². The van der Waals surface area contributed by atoms with E-state index in [2.05, 4.69) is 16.4 Å². The topological polar surface area (TPSA) is 127 Å². The first-order valence-electron chi connectivity index (χ1n) is 12.1. The molecule has 3 aliphatic rings. The molecule has 0 radical (unpaired) electrons. The van der Waals surface area contributed by atoms with E-state index < -0.39 is 11.3 Å². The number of allylic oxidation sites excluding steroid dienone is 1. The van der Waals surface area contributed by atoms with Crippen LogP contribution in [0.25, 0.3) is 5.69 Å². The van der Waals surface area contributed by atoms with E-state index >= 15 is 0 Å². The molecule has 10 heteroatoms. The molecular weight excluding hydrogens is 504 g/mol. The standard InChI is InChI=1S/C28H23ClN6O3/c1-27(2)11-22(36)24-23(12-27)38-25(31)20(13-30)28(24)19-8-3-4-9-21(19)34(26(28)37)14-17-15-35(33-32-17)18-7-5-6-16(29)10-18/h3-10,15H,11-12,14,31H2,1-2H3. The van der Waals surface area contributed by atoms with Crippen LogP contribution >= 0.6 is 11.6 Å². The van der Waals surface area contributed by atoms with Crippen LogP contribution in [0.5, 0.6) is 0 Å². The number of ether oxygens (including phenoxy) is 1. The maximum absolute atomic E-state index is 14.5. The summed E-state index contributed by atoms with van der Waals surface area (Å²) in [6.07, 6.45) is 2.35. The number of halogens is 1. The lowest BCUT2D eigenvalue weighted by atomic mass is 9.62. The summed E-state index contributed by atoms with van der Waals surface area (Å²) in [5.41, 5.74) is 6.66. The quantitative estimate of drug-likeness (QED) is 0.544. The number of fused-ring (bicyclic) bond motifs is 3. The number of anilines is 1. The molecule has 0 saturated carbocycles. The largest absolute Gasteiger partial charge is 0.444 e. The zero-order valence-electron chi connectivity index (χ0n) is 20.7. The number of Topliss-reactive ketones (excluding diaryl/α,β-unsaturated/α-hetero) is 1. The number of carbonyl (C=O) groups is 2. The molecule has 1 aliphatic carbocycles. The molecule has 3 aromatic rings. The summed E-state index contributed by atoms with van der Waals surface area (Å²) >= 11 is 6.12. The third-order valence-electron chi connectivity index (χ3n) is 7.28. The van der Waals surface area contributed by atoms with E-state index in [1.54, 1.807) is 47.3 Å². The van der Waals surface area contributed by atoms with Crippen molar-refractivity contribution < 1.29 is 14.3 Å². The van der Waals surface area contributed by atoms with Crippen molar-refractivity contribution >= 4 is 29.0 Å². The minimum atomic E-state index is -1.68. The Hall–Kier alpha value is -4.42. The molecule has 0 fully saturated rings. The SMILES string of the molecule is CC1(C)CC(=O)C2=C(C1)OC(N)=C(C#N)C21C(=O)N(Cc2cn(-c3cccc(Cl)c3)nn2)c2ccccc21. The fraction of sp³-hybridized carbons (Fsp3) is 0.250. The average Bonchev–Trinajstić information content (AvgIpc) is 3.42. The third kappa shape index (κ3) is 3.37. The van der Waals surface area contributed by atoms with Crippen LogP contribution in [-0.2, 0) is 26.3 Å². The van der Waals surface area contributed by atoms with Crippen molar-refractivity contribution in [2.45, 2.75) is 38.6 Å². The molecule has 38 heavy (non-hydrogen) atoms. The monoisotopic (exact) mass is 526 g/mol. The van der Waals surface area contributed by atoms with Crippen LogP contribution in [0.15, 0.2) is 77.5 Å². The Kier molecular flexibility index (Phi) is 5.23. The number of nitrogens with zero attached hydrogens (tertiary/aromatic N) is 5. The summed E-state index contributed by atoms with van der Waals surface area (Å²) in [5.74, 6) is -0.485. The van der Waals surface area contributed by atoms with Crippen LogP contribution in [0.3, 0.4) is 0 Å². The normalized spacial score (nSPS) is 21.9. The second-order valence-electron chi connectivity index (χ2n) is 10.5. The second-order valence-corrected chi connectivity index (χ2v) is 10.9. The van der Waals surface area contributed by atoms with Gasteiger partial charge in [0.1, 0.15) is 28.5 Å². The van der Waals surface area contributed by atoms with Crippen LogP contribution in [0, 0.1) is 16.7 Å². The predicted octanol–water partition coefficient (Wildman–Crippen LogP) is 4.07. The van der Waals surface area contributed by atoms with Gasteiger partial charge in [0.15, 0.2) is 5.78 Å². The number of rotatable bonds is 3. The molecule has 1 amide bonds.